The molecular formula is C22H40O4. The molecule has 4 atom stereocenters. The fourth-order valence-electron chi connectivity index (χ4n) is 5.34. The smallest absolute Gasteiger partial charge is 0.315 e. The number of rotatable bonds is 6. The van der Waals surface area contributed by atoms with Crippen molar-refractivity contribution < 1.29 is 19.7 Å². The molecule has 0 aromatic rings. The third-order valence-electron chi connectivity index (χ3n) is 6.93. The molecule has 0 aromatic carbocycles. The van der Waals surface area contributed by atoms with E-state index < -0.39 is 22.0 Å². The van der Waals surface area contributed by atoms with Crippen LogP contribution in [-0.4, -0.2) is 34.0 Å². The summed E-state index contributed by atoms with van der Waals surface area (Å²) >= 11 is 0. The molecule has 152 valence electrons. The zero-order chi connectivity index (χ0) is 19.8. The number of carbonyl (C=O) groups excluding carboxylic acids is 1. The predicted octanol–water partition coefficient (Wildman–Crippen LogP) is 4.46. The normalized spacial score (nSPS) is 34.4. The molecule has 4 heteroatoms. The molecule has 0 amide bonds. The van der Waals surface area contributed by atoms with Crippen molar-refractivity contribution in [3.8, 4) is 0 Å². The van der Waals surface area contributed by atoms with Crippen LogP contribution in [-0.2, 0) is 9.53 Å². The predicted molar refractivity (Wildman–Crippen MR) is 104 cm³/mol. The van der Waals surface area contributed by atoms with Crippen LogP contribution in [0.4, 0.5) is 0 Å². The minimum Gasteiger partial charge on any atom is -0.458 e. The maximum Gasteiger partial charge on any atom is 0.315 e. The summed E-state index contributed by atoms with van der Waals surface area (Å²) in [6.07, 6.45) is 6.17. The molecule has 2 N–H and O–H groups in total. The van der Waals surface area contributed by atoms with Gasteiger partial charge in [0.05, 0.1) is 17.6 Å². The van der Waals surface area contributed by atoms with Gasteiger partial charge >= 0.3 is 5.97 Å². The van der Waals surface area contributed by atoms with Gasteiger partial charge in [0.1, 0.15) is 5.60 Å². The molecule has 4 unspecified atom stereocenters. The highest BCUT2D eigenvalue weighted by atomic mass is 16.6. The lowest BCUT2D eigenvalue weighted by Crippen LogP contribution is -2.57. The van der Waals surface area contributed by atoms with Gasteiger partial charge in [-0.1, -0.05) is 41.5 Å². The third kappa shape index (κ3) is 4.27. The second-order valence-corrected chi connectivity index (χ2v) is 10.8. The number of fused-ring (bicyclic) bond motifs is 2. The van der Waals surface area contributed by atoms with Crippen LogP contribution in [0.1, 0.15) is 92.9 Å². The molecule has 4 nitrogen and oxygen atoms in total. The largest absolute Gasteiger partial charge is 0.458 e. The lowest BCUT2D eigenvalue weighted by molar-refractivity contribution is -0.210. The van der Waals surface area contributed by atoms with Crippen LogP contribution in [0.5, 0.6) is 0 Å². The number of aliphatic hydroxyl groups is 2. The van der Waals surface area contributed by atoms with Gasteiger partial charge in [-0.05, 0) is 62.2 Å². The third-order valence-corrected chi connectivity index (χ3v) is 6.93. The number of carbonyl (C=O) groups is 1. The summed E-state index contributed by atoms with van der Waals surface area (Å²) < 4.78 is 6.24. The summed E-state index contributed by atoms with van der Waals surface area (Å²) in [4.78, 5) is 13.5. The van der Waals surface area contributed by atoms with Gasteiger partial charge in [-0.2, -0.15) is 0 Å². The summed E-state index contributed by atoms with van der Waals surface area (Å²) in [6, 6.07) is 0. The van der Waals surface area contributed by atoms with E-state index in [4.69, 9.17) is 4.74 Å². The Morgan fingerprint density at radius 1 is 1.23 bits per heavy atom. The van der Waals surface area contributed by atoms with Gasteiger partial charge in [0.2, 0.25) is 0 Å². The highest BCUT2D eigenvalue weighted by Crippen LogP contribution is 2.52. The van der Waals surface area contributed by atoms with Crippen molar-refractivity contribution in [1.29, 1.82) is 0 Å². The van der Waals surface area contributed by atoms with Crippen LogP contribution in [0, 0.1) is 22.7 Å². The minimum absolute atomic E-state index is 0.196. The van der Waals surface area contributed by atoms with Gasteiger partial charge in [-0.25, -0.2) is 0 Å². The Labute approximate surface area is 159 Å². The fraction of sp³-hybridized carbons (Fsp3) is 0.955. The molecule has 26 heavy (non-hydrogen) atoms. The first kappa shape index (κ1) is 21.7. The molecule has 0 spiro atoms. The summed E-state index contributed by atoms with van der Waals surface area (Å²) in [5.41, 5.74) is -2.55. The van der Waals surface area contributed by atoms with Crippen LogP contribution in [0.25, 0.3) is 0 Å². The van der Waals surface area contributed by atoms with Gasteiger partial charge in [0.15, 0.2) is 0 Å². The maximum absolute atomic E-state index is 13.5. The average molecular weight is 369 g/mol. The van der Waals surface area contributed by atoms with E-state index >= 15 is 0 Å². The zero-order valence-electron chi connectivity index (χ0n) is 17.7. The van der Waals surface area contributed by atoms with Crippen LogP contribution in [0.15, 0.2) is 0 Å². The molecule has 2 fully saturated rings. The molecule has 0 aromatic heterocycles. The Hall–Kier alpha value is -0.610. The van der Waals surface area contributed by atoms with Crippen molar-refractivity contribution >= 4 is 5.97 Å². The first-order valence-electron chi connectivity index (χ1n) is 10.4. The van der Waals surface area contributed by atoms with Gasteiger partial charge in [0.25, 0.3) is 0 Å². The highest BCUT2D eigenvalue weighted by Gasteiger charge is 2.55. The van der Waals surface area contributed by atoms with E-state index in [9.17, 15) is 15.0 Å². The topological polar surface area (TPSA) is 66.8 Å². The molecule has 2 bridgehead atoms. The van der Waals surface area contributed by atoms with Crippen LogP contribution in [0.3, 0.4) is 0 Å². The van der Waals surface area contributed by atoms with Gasteiger partial charge in [-0.3, -0.25) is 4.79 Å². The number of hydrogen-bond donors (Lipinski definition) is 2. The van der Waals surface area contributed by atoms with Gasteiger partial charge in [-0.15, -0.1) is 0 Å². The molecule has 2 aliphatic carbocycles. The maximum atomic E-state index is 13.5. The Morgan fingerprint density at radius 2 is 1.88 bits per heavy atom. The van der Waals surface area contributed by atoms with E-state index in [2.05, 4.69) is 20.8 Å². The SMILES string of the molecule is CC(C)CCC(CO)(C(=O)OC12CCCC(O)(CC(C)C1)C2)C(C)(C)C. The van der Waals surface area contributed by atoms with Crippen molar-refractivity contribution in [1.82, 2.24) is 0 Å². The molecule has 2 rings (SSSR count). The molecule has 0 aliphatic heterocycles. The molecule has 0 heterocycles. The van der Waals surface area contributed by atoms with E-state index in [0.29, 0.717) is 24.7 Å². The summed E-state index contributed by atoms with van der Waals surface area (Å²) in [5.74, 6) is 0.533. The fourth-order valence-corrected chi connectivity index (χ4v) is 5.34. The summed E-state index contributed by atoms with van der Waals surface area (Å²) in [5, 5.41) is 21.2. The lowest BCUT2D eigenvalue weighted by atomic mass is 9.62. The highest BCUT2D eigenvalue weighted by molar-refractivity contribution is 5.78. The number of ether oxygens (including phenoxy) is 1. The van der Waals surface area contributed by atoms with Crippen LogP contribution in [0.2, 0.25) is 0 Å². The second-order valence-electron chi connectivity index (χ2n) is 10.8. The second kappa shape index (κ2) is 7.43. The van der Waals surface area contributed by atoms with Crippen molar-refractivity contribution in [2.45, 2.75) is 104 Å². The van der Waals surface area contributed by atoms with E-state index in [0.717, 1.165) is 38.5 Å². The van der Waals surface area contributed by atoms with Crippen molar-refractivity contribution in [2.75, 3.05) is 6.61 Å². The Bertz CT molecular complexity index is 509. The van der Waals surface area contributed by atoms with Gasteiger partial charge < -0.3 is 14.9 Å². The molecule has 0 radical (unpaired) electrons. The van der Waals surface area contributed by atoms with E-state index in [1.54, 1.807) is 0 Å². The number of hydrogen-bond acceptors (Lipinski definition) is 4. The molecule has 2 saturated carbocycles. The Morgan fingerprint density at radius 3 is 2.42 bits per heavy atom. The van der Waals surface area contributed by atoms with Crippen LogP contribution >= 0.6 is 0 Å². The van der Waals surface area contributed by atoms with Crippen LogP contribution < -0.4 is 0 Å². The number of aliphatic hydroxyl groups excluding tert-OH is 1. The zero-order valence-corrected chi connectivity index (χ0v) is 17.7. The summed E-state index contributed by atoms with van der Waals surface area (Å²) in [7, 11) is 0. The molecule has 2 aliphatic rings. The lowest BCUT2D eigenvalue weighted by Gasteiger charge is -2.53. The molecular weight excluding hydrogens is 328 g/mol. The van der Waals surface area contributed by atoms with Crippen molar-refractivity contribution in [3.63, 3.8) is 0 Å². The Balaban J connectivity index is 2.28. The monoisotopic (exact) mass is 368 g/mol. The average Bonchev–Trinajstić information content (AvgIpc) is 2.44. The Kier molecular flexibility index (Phi) is 6.19. The van der Waals surface area contributed by atoms with Gasteiger partial charge in [0, 0.05) is 6.42 Å². The van der Waals surface area contributed by atoms with Crippen molar-refractivity contribution in [3.05, 3.63) is 0 Å². The van der Waals surface area contributed by atoms with E-state index in [1.165, 1.54) is 0 Å². The summed E-state index contributed by atoms with van der Waals surface area (Å²) in [6.45, 7) is 12.3. The quantitative estimate of drug-likeness (QED) is 0.679. The number of esters is 1. The molecule has 0 saturated heterocycles. The first-order valence-corrected chi connectivity index (χ1v) is 10.4. The van der Waals surface area contributed by atoms with E-state index in [1.807, 2.05) is 20.8 Å². The van der Waals surface area contributed by atoms with E-state index in [-0.39, 0.29) is 12.6 Å². The minimum atomic E-state index is -0.901. The standard InChI is InChI=1S/C22H40O4/c1-16(2)8-11-22(15-23,19(4,5)6)18(24)26-21-10-7-9-20(25,14-21)12-17(3)13-21/h16-17,23,25H,7-15H2,1-6H3. The first-order chi connectivity index (χ1) is 11.9. The van der Waals surface area contributed by atoms with Crippen molar-refractivity contribution in [2.24, 2.45) is 22.7 Å².